The van der Waals surface area contributed by atoms with Gasteiger partial charge in [0, 0.05) is 20.3 Å². The fourth-order valence-electron chi connectivity index (χ4n) is 1.32. The Kier molecular flexibility index (Phi) is 9.33. The van der Waals surface area contributed by atoms with E-state index in [2.05, 4.69) is 19.2 Å². The number of rotatable bonds is 10. The predicted octanol–water partition coefficient (Wildman–Crippen LogP) is 1.99. The molecule has 0 atom stereocenters. The average Bonchev–Trinajstić information content (AvgIpc) is 2.27. The van der Waals surface area contributed by atoms with E-state index in [0.717, 1.165) is 19.0 Å². The summed E-state index contributed by atoms with van der Waals surface area (Å²) in [6, 6.07) is 0.870. The fourth-order valence-corrected chi connectivity index (χ4v) is 3.21. The molecule has 0 spiro atoms. The SMILES string of the molecule is CCCCNCO[Si](CCC)(OC)OC. The van der Waals surface area contributed by atoms with Gasteiger partial charge in [0.1, 0.15) is 0 Å². The van der Waals surface area contributed by atoms with Crippen LogP contribution < -0.4 is 5.32 Å². The maximum Gasteiger partial charge on any atom is 0.501 e. The van der Waals surface area contributed by atoms with Crippen LogP contribution >= 0.6 is 0 Å². The first-order chi connectivity index (χ1) is 7.24. The van der Waals surface area contributed by atoms with Crippen LogP contribution in [0.3, 0.4) is 0 Å². The third-order valence-electron chi connectivity index (χ3n) is 2.28. The van der Waals surface area contributed by atoms with Gasteiger partial charge >= 0.3 is 8.80 Å². The van der Waals surface area contributed by atoms with E-state index in [4.69, 9.17) is 13.3 Å². The van der Waals surface area contributed by atoms with Crippen LogP contribution in [0, 0.1) is 0 Å². The number of unbranched alkanes of at least 4 members (excludes halogenated alkanes) is 1. The standard InChI is InChI=1S/C10H25NO3Si/c1-5-7-8-11-10-14-15(12-3,13-4)9-6-2/h11H,5-10H2,1-4H3. The Morgan fingerprint density at radius 1 is 1.07 bits per heavy atom. The topological polar surface area (TPSA) is 39.7 Å². The van der Waals surface area contributed by atoms with Gasteiger partial charge in [-0.15, -0.1) is 0 Å². The van der Waals surface area contributed by atoms with Gasteiger partial charge in [-0.25, -0.2) is 0 Å². The molecule has 0 fully saturated rings. The molecule has 15 heavy (non-hydrogen) atoms. The lowest BCUT2D eigenvalue weighted by Gasteiger charge is -2.26. The van der Waals surface area contributed by atoms with Gasteiger partial charge in [-0.05, 0) is 13.0 Å². The first-order valence-electron chi connectivity index (χ1n) is 5.69. The van der Waals surface area contributed by atoms with Crippen LogP contribution in [0.5, 0.6) is 0 Å². The molecule has 0 saturated carbocycles. The molecule has 0 aliphatic carbocycles. The van der Waals surface area contributed by atoms with Gasteiger partial charge in [-0.1, -0.05) is 26.7 Å². The number of nitrogens with one attached hydrogen (secondary N) is 1. The summed E-state index contributed by atoms with van der Waals surface area (Å²) < 4.78 is 16.5. The predicted molar refractivity (Wildman–Crippen MR) is 63.7 cm³/mol. The molecule has 0 aromatic heterocycles. The first kappa shape index (κ1) is 15.1. The van der Waals surface area contributed by atoms with Crippen molar-refractivity contribution >= 4 is 8.80 Å². The van der Waals surface area contributed by atoms with Crippen molar-refractivity contribution in [3.05, 3.63) is 0 Å². The average molecular weight is 235 g/mol. The lowest BCUT2D eigenvalue weighted by Crippen LogP contribution is -2.45. The largest absolute Gasteiger partial charge is 0.501 e. The Balaban J connectivity index is 3.74. The lowest BCUT2D eigenvalue weighted by atomic mass is 10.3. The summed E-state index contributed by atoms with van der Waals surface area (Å²) in [5, 5.41) is 3.22. The Morgan fingerprint density at radius 3 is 2.20 bits per heavy atom. The van der Waals surface area contributed by atoms with Crippen molar-refractivity contribution in [1.29, 1.82) is 0 Å². The molecular formula is C10H25NO3Si. The smallest absolute Gasteiger partial charge is 0.377 e. The second kappa shape index (κ2) is 9.29. The zero-order valence-electron chi connectivity index (χ0n) is 10.5. The molecule has 0 aromatic carbocycles. The summed E-state index contributed by atoms with van der Waals surface area (Å²) in [5.74, 6) is 0. The molecule has 0 unspecified atom stereocenters. The molecule has 5 heteroatoms. The van der Waals surface area contributed by atoms with E-state index in [1.54, 1.807) is 14.2 Å². The highest BCUT2D eigenvalue weighted by Gasteiger charge is 2.37. The van der Waals surface area contributed by atoms with Crippen molar-refractivity contribution in [3.63, 3.8) is 0 Å². The third kappa shape index (κ3) is 6.27. The third-order valence-corrected chi connectivity index (χ3v) is 5.22. The molecule has 0 bridgehead atoms. The molecule has 92 valence electrons. The minimum atomic E-state index is -2.37. The molecule has 0 aliphatic heterocycles. The van der Waals surface area contributed by atoms with Gasteiger partial charge in [0.05, 0.1) is 6.73 Å². The van der Waals surface area contributed by atoms with Crippen molar-refractivity contribution in [2.75, 3.05) is 27.5 Å². The molecule has 0 amide bonds. The fraction of sp³-hybridized carbons (Fsp3) is 1.00. The summed E-state index contributed by atoms with van der Waals surface area (Å²) in [6.45, 7) is 5.78. The van der Waals surface area contributed by atoms with Crippen molar-refractivity contribution in [2.24, 2.45) is 0 Å². The summed E-state index contributed by atoms with van der Waals surface area (Å²) in [4.78, 5) is 0. The Labute approximate surface area is 94.7 Å². The van der Waals surface area contributed by atoms with Crippen LogP contribution in [0.1, 0.15) is 33.1 Å². The monoisotopic (exact) mass is 235 g/mol. The highest BCUT2D eigenvalue weighted by atomic mass is 28.4. The summed E-state index contributed by atoms with van der Waals surface area (Å²) in [5.41, 5.74) is 0. The van der Waals surface area contributed by atoms with Crippen molar-refractivity contribution in [3.8, 4) is 0 Å². The quantitative estimate of drug-likeness (QED) is 0.357. The molecule has 1 N–H and O–H groups in total. The maximum atomic E-state index is 5.70. The lowest BCUT2D eigenvalue weighted by molar-refractivity contribution is 0.0899. The van der Waals surface area contributed by atoms with Gasteiger partial charge < -0.3 is 13.3 Å². The Morgan fingerprint density at radius 2 is 1.73 bits per heavy atom. The number of hydrogen-bond donors (Lipinski definition) is 1. The van der Waals surface area contributed by atoms with Gasteiger partial charge in [0.15, 0.2) is 0 Å². The second-order valence-electron chi connectivity index (χ2n) is 3.48. The molecule has 0 rings (SSSR count). The molecule has 0 heterocycles. The van der Waals surface area contributed by atoms with Crippen molar-refractivity contribution < 1.29 is 13.3 Å². The normalized spacial score (nSPS) is 12.0. The van der Waals surface area contributed by atoms with Crippen LogP contribution in [-0.4, -0.2) is 36.3 Å². The van der Waals surface area contributed by atoms with E-state index in [0.29, 0.717) is 6.73 Å². The van der Waals surface area contributed by atoms with E-state index in [-0.39, 0.29) is 0 Å². The van der Waals surface area contributed by atoms with E-state index in [9.17, 15) is 0 Å². The molecule has 0 saturated heterocycles. The highest BCUT2D eigenvalue weighted by Crippen LogP contribution is 2.14. The van der Waals surface area contributed by atoms with Crippen LogP contribution in [0.4, 0.5) is 0 Å². The highest BCUT2D eigenvalue weighted by molar-refractivity contribution is 6.60. The zero-order valence-corrected chi connectivity index (χ0v) is 11.5. The molecule has 0 aliphatic rings. The van der Waals surface area contributed by atoms with Crippen LogP contribution in [0.15, 0.2) is 0 Å². The van der Waals surface area contributed by atoms with Gasteiger partial charge in [-0.3, -0.25) is 5.32 Å². The molecule has 4 nitrogen and oxygen atoms in total. The molecule has 0 aromatic rings. The molecule has 0 radical (unpaired) electrons. The second-order valence-corrected chi connectivity index (χ2v) is 6.45. The van der Waals surface area contributed by atoms with Crippen LogP contribution in [0.25, 0.3) is 0 Å². The van der Waals surface area contributed by atoms with Crippen LogP contribution in [-0.2, 0) is 13.3 Å². The van der Waals surface area contributed by atoms with E-state index in [1.807, 2.05) is 0 Å². The van der Waals surface area contributed by atoms with Crippen molar-refractivity contribution in [1.82, 2.24) is 5.32 Å². The molecular weight excluding hydrogens is 210 g/mol. The first-order valence-corrected chi connectivity index (χ1v) is 7.62. The minimum absolute atomic E-state index is 0.522. The minimum Gasteiger partial charge on any atom is -0.377 e. The summed E-state index contributed by atoms with van der Waals surface area (Å²) in [7, 11) is 0.962. The summed E-state index contributed by atoms with van der Waals surface area (Å²) >= 11 is 0. The summed E-state index contributed by atoms with van der Waals surface area (Å²) in [6.07, 6.45) is 3.38. The van der Waals surface area contributed by atoms with Gasteiger partial charge in [0.25, 0.3) is 0 Å². The van der Waals surface area contributed by atoms with Gasteiger partial charge in [0.2, 0.25) is 0 Å². The zero-order chi connectivity index (χ0) is 11.6. The maximum absolute atomic E-state index is 5.70. The van der Waals surface area contributed by atoms with E-state index >= 15 is 0 Å². The number of hydrogen-bond acceptors (Lipinski definition) is 4. The Hall–Kier alpha value is 0.0569. The van der Waals surface area contributed by atoms with E-state index < -0.39 is 8.80 Å². The van der Waals surface area contributed by atoms with Gasteiger partial charge in [-0.2, -0.15) is 0 Å². The van der Waals surface area contributed by atoms with E-state index in [1.165, 1.54) is 12.8 Å². The van der Waals surface area contributed by atoms with Crippen LogP contribution in [0.2, 0.25) is 6.04 Å². The van der Waals surface area contributed by atoms with Crippen molar-refractivity contribution in [2.45, 2.75) is 39.2 Å². The Bertz CT molecular complexity index is 143.